The Balaban J connectivity index is 1.82. The van der Waals surface area contributed by atoms with Crippen LogP contribution in [-0.2, 0) is 50.6 Å². The number of anilines is 1. The monoisotopic (exact) mass is 803 g/mol. The molecule has 0 saturated carbocycles. The molecule has 0 bridgehead atoms. The Hall–Kier alpha value is -4.79. The molecule has 0 unspecified atom stereocenters. The van der Waals surface area contributed by atoms with Crippen LogP contribution in [0.3, 0.4) is 0 Å². The van der Waals surface area contributed by atoms with E-state index in [9.17, 15) is 65.4 Å². The van der Waals surface area contributed by atoms with Crippen LogP contribution in [0.2, 0.25) is 0 Å². The van der Waals surface area contributed by atoms with E-state index in [0.29, 0.717) is 35.9 Å². The van der Waals surface area contributed by atoms with Gasteiger partial charge in [0.2, 0.25) is 0 Å². The number of fused-ring (bicyclic) bond motifs is 2. The summed E-state index contributed by atoms with van der Waals surface area (Å²) in [6.45, 7) is 1.66. The van der Waals surface area contributed by atoms with Crippen LogP contribution >= 0.6 is 0 Å². The van der Waals surface area contributed by atoms with Gasteiger partial charge in [-0.05, 0) is 54.8 Å². The molecular formula is C27H21N3O16S5. The molecule has 0 saturated heterocycles. The van der Waals surface area contributed by atoms with Crippen molar-refractivity contribution in [2.75, 3.05) is 5.73 Å². The van der Waals surface area contributed by atoms with E-state index in [2.05, 4.69) is 10.2 Å². The summed E-state index contributed by atoms with van der Waals surface area (Å²) in [7, 11) is -25.7. The summed E-state index contributed by atoms with van der Waals surface area (Å²) >= 11 is 0. The van der Waals surface area contributed by atoms with E-state index in [0.717, 1.165) is 24.3 Å². The van der Waals surface area contributed by atoms with Crippen molar-refractivity contribution in [1.29, 1.82) is 0 Å². The van der Waals surface area contributed by atoms with Gasteiger partial charge >= 0.3 is 10.1 Å². The molecule has 7 N–H and O–H groups in total. The minimum Gasteiger partial charge on any atom is -0.507 e. The van der Waals surface area contributed by atoms with E-state index in [4.69, 9.17) is 9.92 Å². The SMILES string of the molecule is Cc1ccc(S(=O)(=O)Oc2cc(S(=O)(=O)O)cc3cc(S(=O)(=O)O)c(/N=N\c4cc(N)c5c(O)cc(S(=O)(=O)O)cc5c4S(=O)(=O)O)cc23)cc1. The maximum atomic E-state index is 13.1. The highest BCUT2D eigenvalue weighted by atomic mass is 32.2. The Kier molecular flexibility index (Phi) is 9.15. The van der Waals surface area contributed by atoms with Gasteiger partial charge in [0, 0.05) is 34.0 Å². The highest BCUT2D eigenvalue weighted by Crippen LogP contribution is 2.43. The van der Waals surface area contributed by atoms with Gasteiger partial charge in [0.25, 0.3) is 40.5 Å². The van der Waals surface area contributed by atoms with Gasteiger partial charge in [-0.1, -0.05) is 17.7 Å². The predicted molar refractivity (Wildman–Crippen MR) is 176 cm³/mol. The van der Waals surface area contributed by atoms with Crippen molar-refractivity contribution in [3.63, 3.8) is 0 Å². The van der Waals surface area contributed by atoms with Gasteiger partial charge in [0.15, 0.2) is 5.75 Å². The number of rotatable bonds is 9. The minimum atomic E-state index is -5.44. The fraction of sp³-hybridized carbons (Fsp3) is 0.0370. The normalized spacial score (nSPS) is 13.3. The number of aromatic hydroxyl groups is 1. The third kappa shape index (κ3) is 7.63. The lowest BCUT2D eigenvalue weighted by Gasteiger charge is -2.14. The Labute approximate surface area is 288 Å². The number of hydrogen-bond acceptors (Lipinski definition) is 15. The van der Waals surface area contributed by atoms with Gasteiger partial charge in [-0.3, -0.25) is 18.2 Å². The molecule has 0 radical (unpaired) electrons. The van der Waals surface area contributed by atoms with Crippen molar-refractivity contribution >= 4 is 89.2 Å². The zero-order valence-corrected chi connectivity index (χ0v) is 29.2. The molecule has 0 atom stereocenters. The van der Waals surface area contributed by atoms with Crippen LogP contribution in [0.4, 0.5) is 17.1 Å². The second-order valence-electron chi connectivity index (χ2n) is 10.6. The fourth-order valence-corrected chi connectivity index (χ4v) is 8.24. The summed E-state index contributed by atoms with van der Waals surface area (Å²) in [5.41, 5.74) is 4.32. The fourth-order valence-electron chi connectivity index (χ4n) is 4.80. The maximum Gasteiger partial charge on any atom is 0.339 e. The molecule has 0 amide bonds. The lowest BCUT2D eigenvalue weighted by molar-refractivity contribution is 0.470. The largest absolute Gasteiger partial charge is 0.507 e. The Morgan fingerprint density at radius 2 is 1.18 bits per heavy atom. The van der Waals surface area contributed by atoms with Crippen LogP contribution < -0.4 is 9.92 Å². The summed E-state index contributed by atoms with van der Waals surface area (Å²) in [4.78, 5) is -4.77. The zero-order valence-electron chi connectivity index (χ0n) is 25.1. The summed E-state index contributed by atoms with van der Waals surface area (Å²) in [5.74, 6) is -1.76. The molecule has 0 fully saturated rings. The second kappa shape index (κ2) is 12.5. The standard InChI is InChI=1S/C27H21N3O16S5/c1-13-2-4-15(5-3-13)51(44,45)46-24-10-16(47(32,33)34)6-14-7-25(49(38,39)40)21(11-18(14)24)29-30-22-12-20(28)26-19(27(22)50(41,42)43)8-17(9-23(26)31)48(35,36)37/h2-12,31H,28H2,1H3,(H,32,33,34)(H,35,36,37)(H,38,39,40)(H,41,42,43)/b30-29-. The number of hydrogen-bond donors (Lipinski definition) is 6. The first-order chi connectivity index (χ1) is 23.3. The molecule has 24 heteroatoms. The predicted octanol–water partition coefficient (Wildman–Crippen LogP) is 3.76. The number of phenols is 1. The first kappa shape index (κ1) is 37.5. The Morgan fingerprint density at radius 1 is 0.608 bits per heavy atom. The summed E-state index contributed by atoms with van der Waals surface area (Å²) in [6.07, 6.45) is 0. The van der Waals surface area contributed by atoms with Gasteiger partial charge in [0.05, 0.1) is 9.79 Å². The number of nitrogens with two attached hydrogens (primary N) is 1. The average Bonchev–Trinajstić information content (AvgIpc) is 2.97. The Morgan fingerprint density at radius 3 is 1.73 bits per heavy atom. The molecule has 270 valence electrons. The van der Waals surface area contributed by atoms with Crippen molar-refractivity contribution in [3.8, 4) is 11.5 Å². The summed E-state index contributed by atoms with van der Waals surface area (Å²) in [5, 5.41) is 15.5. The molecule has 19 nitrogen and oxygen atoms in total. The van der Waals surface area contributed by atoms with Crippen molar-refractivity contribution in [3.05, 3.63) is 72.3 Å². The zero-order chi connectivity index (χ0) is 38.1. The van der Waals surface area contributed by atoms with Gasteiger partial charge < -0.3 is 15.0 Å². The quantitative estimate of drug-likeness (QED) is 0.0534. The number of nitrogen functional groups attached to an aromatic ring is 1. The van der Waals surface area contributed by atoms with E-state index in [1.807, 2.05) is 0 Å². The van der Waals surface area contributed by atoms with Gasteiger partial charge in [-0.15, -0.1) is 10.2 Å². The second-order valence-corrected chi connectivity index (χ2v) is 17.7. The molecule has 0 spiro atoms. The van der Waals surface area contributed by atoms with E-state index < -0.39 is 125 Å². The topological polar surface area (TPSA) is 332 Å². The first-order valence-electron chi connectivity index (χ1n) is 13.3. The van der Waals surface area contributed by atoms with E-state index in [1.54, 1.807) is 6.92 Å². The molecule has 0 aromatic heterocycles. The molecule has 5 aromatic rings. The highest BCUT2D eigenvalue weighted by Gasteiger charge is 2.27. The molecule has 0 aliphatic rings. The maximum absolute atomic E-state index is 13.1. The summed E-state index contributed by atoms with van der Waals surface area (Å²) in [6, 6.07) is 9.54. The van der Waals surface area contributed by atoms with Crippen molar-refractivity contribution in [2.45, 2.75) is 31.4 Å². The van der Waals surface area contributed by atoms with Crippen LogP contribution in [0.5, 0.6) is 11.5 Å². The number of phenolic OH excluding ortho intramolecular Hbond substituents is 1. The summed E-state index contributed by atoms with van der Waals surface area (Å²) < 4.78 is 168. The van der Waals surface area contributed by atoms with Gasteiger partial charge in [-0.25, -0.2) is 0 Å². The third-order valence-corrected chi connectivity index (χ3v) is 11.8. The molecule has 5 aromatic carbocycles. The van der Waals surface area contributed by atoms with Crippen LogP contribution in [-0.4, -0.2) is 65.4 Å². The third-order valence-electron chi connectivity index (χ3n) is 7.02. The molecule has 51 heavy (non-hydrogen) atoms. The van der Waals surface area contributed by atoms with E-state index >= 15 is 0 Å². The van der Waals surface area contributed by atoms with Crippen molar-refractivity contribution in [1.82, 2.24) is 0 Å². The number of nitrogens with zero attached hydrogens (tertiary/aromatic N) is 2. The Bertz CT molecular complexity index is 2910. The van der Waals surface area contributed by atoms with Crippen LogP contribution in [0.1, 0.15) is 5.56 Å². The van der Waals surface area contributed by atoms with E-state index in [-0.39, 0.29) is 0 Å². The lowest BCUT2D eigenvalue weighted by Crippen LogP contribution is -2.11. The van der Waals surface area contributed by atoms with E-state index in [1.165, 1.54) is 12.1 Å². The minimum absolute atomic E-state index is 0.400. The molecule has 0 aliphatic carbocycles. The number of azo groups is 1. The molecule has 5 rings (SSSR count). The van der Waals surface area contributed by atoms with Crippen molar-refractivity contribution in [2.24, 2.45) is 10.2 Å². The van der Waals surface area contributed by atoms with Crippen LogP contribution in [0.25, 0.3) is 21.5 Å². The average molecular weight is 804 g/mol. The molecule has 0 aliphatic heterocycles. The molecular weight excluding hydrogens is 783 g/mol. The van der Waals surface area contributed by atoms with Crippen LogP contribution in [0.15, 0.2) is 101 Å². The number of benzene rings is 5. The van der Waals surface area contributed by atoms with Crippen LogP contribution in [0, 0.1) is 6.92 Å². The highest BCUT2D eigenvalue weighted by molar-refractivity contribution is 7.87. The number of aryl methyl sites for hydroxylation is 1. The first-order valence-corrected chi connectivity index (χ1v) is 20.5. The lowest BCUT2D eigenvalue weighted by atomic mass is 10.1. The van der Waals surface area contributed by atoms with Gasteiger partial charge in [0.1, 0.15) is 31.8 Å². The smallest absolute Gasteiger partial charge is 0.339 e. The molecule has 0 heterocycles. The van der Waals surface area contributed by atoms with Gasteiger partial charge in [-0.2, -0.15) is 42.1 Å². The van der Waals surface area contributed by atoms with Crippen molar-refractivity contribution < 1.29 is 69.6 Å².